The van der Waals surface area contributed by atoms with Crippen LogP contribution in [0, 0.1) is 0 Å². The minimum atomic E-state index is -0.811. The van der Waals surface area contributed by atoms with E-state index >= 15 is 0 Å². The molecular formula is C26H23Br3N2O5S. The van der Waals surface area contributed by atoms with Crippen molar-refractivity contribution in [3.63, 3.8) is 0 Å². The standard InChI is InChI=1S/C26H23Br3N2O5S/c1-4-6-18-21(25(34)36-5-2)22(16-11-14(27)7-8-19(16)35-3)31-24(33)20(37-26(31)30-18)10-13-9-15(28)12-17(29)23(13)32/h7-12,22,32H,4-6H2,1-3H3/b20-10+/t22-/m0/s1. The van der Waals surface area contributed by atoms with Gasteiger partial charge in [0.05, 0.1) is 34.0 Å². The molecule has 7 nitrogen and oxygen atoms in total. The van der Waals surface area contributed by atoms with Crippen molar-refractivity contribution in [1.82, 2.24) is 4.57 Å². The zero-order valence-corrected chi connectivity index (χ0v) is 25.8. The third-order valence-electron chi connectivity index (χ3n) is 5.72. The number of phenols is 1. The van der Waals surface area contributed by atoms with E-state index in [1.165, 1.54) is 15.9 Å². The first-order chi connectivity index (χ1) is 17.7. The Kier molecular flexibility index (Phi) is 8.77. The summed E-state index contributed by atoms with van der Waals surface area (Å²) in [5, 5.41) is 10.6. The van der Waals surface area contributed by atoms with Crippen LogP contribution in [0.3, 0.4) is 0 Å². The number of aromatic hydroxyl groups is 1. The van der Waals surface area contributed by atoms with E-state index < -0.39 is 12.0 Å². The molecule has 3 aromatic rings. The fourth-order valence-electron chi connectivity index (χ4n) is 4.17. The van der Waals surface area contributed by atoms with Crippen LogP contribution in [0.2, 0.25) is 0 Å². The minimum Gasteiger partial charge on any atom is -0.506 e. The molecule has 1 aliphatic heterocycles. The molecule has 0 saturated heterocycles. The third kappa shape index (κ3) is 5.50. The molecule has 4 rings (SSSR count). The average Bonchev–Trinajstić information content (AvgIpc) is 3.16. The minimum absolute atomic E-state index is 0.0122. The van der Waals surface area contributed by atoms with Crippen molar-refractivity contribution in [2.24, 2.45) is 4.99 Å². The van der Waals surface area contributed by atoms with Crippen LogP contribution in [0.4, 0.5) is 0 Å². The molecule has 11 heteroatoms. The molecule has 2 heterocycles. The fourth-order valence-corrected chi connectivity index (χ4v) is 6.82. The molecule has 1 atom stereocenters. The smallest absolute Gasteiger partial charge is 0.338 e. The number of phenolic OH excluding ortho intramolecular Hbond substituents is 1. The highest BCUT2D eigenvalue weighted by atomic mass is 79.9. The van der Waals surface area contributed by atoms with Crippen LogP contribution in [0.25, 0.3) is 6.08 Å². The van der Waals surface area contributed by atoms with Crippen LogP contribution in [0.1, 0.15) is 43.9 Å². The summed E-state index contributed by atoms with van der Waals surface area (Å²) in [6.45, 7) is 3.93. The molecule has 194 valence electrons. The van der Waals surface area contributed by atoms with E-state index in [0.29, 0.717) is 48.4 Å². The van der Waals surface area contributed by atoms with Crippen molar-refractivity contribution in [3.05, 3.63) is 85.8 Å². The highest BCUT2D eigenvalue weighted by molar-refractivity contribution is 9.11. The number of hydrogen-bond donors (Lipinski definition) is 1. The highest BCUT2D eigenvalue weighted by Gasteiger charge is 2.36. The summed E-state index contributed by atoms with van der Waals surface area (Å²) in [4.78, 5) is 32.5. The number of benzene rings is 2. The zero-order valence-electron chi connectivity index (χ0n) is 20.2. The molecule has 37 heavy (non-hydrogen) atoms. The maximum Gasteiger partial charge on any atom is 0.338 e. The van der Waals surface area contributed by atoms with Gasteiger partial charge in [0.1, 0.15) is 17.5 Å². The Hall–Kier alpha value is -2.21. The zero-order chi connectivity index (χ0) is 26.9. The number of fused-ring (bicyclic) bond motifs is 1. The summed E-state index contributed by atoms with van der Waals surface area (Å²) in [6, 6.07) is 8.09. The van der Waals surface area contributed by atoms with Crippen LogP contribution in [0.15, 0.2) is 64.8 Å². The van der Waals surface area contributed by atoms with Gasteiger partial charge in [-0.25, -0.2) is 9.79 Å². The summed E-state index contributed by atoms with van der Waals surface area (Å²) in [6.07, 6.45) is 2.90. The van der Waals surface area contributed by atoms with Gasteiger partial charge in [0.2, 0.25) is 0 Å². The number of aromatic nitrogens is 1. The second-order valence-corrected chi connectivity index (χ2v) is 11.8. The molecule has 0 bridgehead atoms. The van der Waals surface area contributed by atoms with E-state index in [4.69, 9.17) is 14.5 Å². The van der Waals surface area contributed by atoms with E-state index in [2.05, 4.69) is 47.8 Å². The molecule has 0 radical (unpaired) electrons. The molecule has 0 fully saturated rings. The van der Waals surface area contributed by atoms with E-state index in [-0.39, 0.29) is 17.9 Å². The second-order valence-electron chi connectivity index (χ2n) is 8.13. The lowest BCUT2D eigenvalue weighted by Gasteiger charge is -2.27. The monoisotopic (exact) mass is 712 g/mol. The quantitative estimate of drug-likeness (QED) is 0.323. The van der Waals surface area contributed by atoms with Gasteiger partial charge in [-0.1, -0.05) is 56.5 Å². The topological polar surface area (TPSA) is 90.1 Å². The van der Waals surface area contributed by atoms with Crippen molar-refractivity contribution in [1.29, 1.82) is 0 Å². The van der Waals surface area contributed by atoms with Crippen LogP contribution >= 0.6 is 59.1 Å². The number of ether oxygens (including phenoxy) is 2. The van der Waals surface area contributed by atoms with Gasteiger partial charge in [-0.3, -0.25) is 9.36 Å². The number of nitrogens with zero attached hydrogens (tertiary/aromatic N) is 2. The van der Waals surface area contributed by atoms with Gasteiger partial charge in [0.15, 0.2) is 4.80 Å². The normalized spacial score (nSPS) is 15.4. The van der Waals surface area contributed by atoms with Crippen molar-refractivity contribution < 1.29 is 19.4 Å². The molecule has 0 aliphatic carbocycles. The van der Waals surface area contributed by atoms with Gasteiger partial charge < -0.3 is 14.6 Å². The van der Waals surface area contributed by atoms with E-state index in [9.17, 15) is 14.7 Å². The Morgan fingerprint density at radius 3 is 2.62 bits per heavy atom. The lowest BCUT2D eigenvalue weighted by atomic mass is 9.93. The lowest BCUT2D eigenvalue weighted by molar-refractivity contribution is -0.139. The summed E-state index contributed by atoms with van der Waals surface area (Å²) >= 11 is 11.5. The van der Waals surface area contributed by atoms with Gasteiger partial charge in [0, 0.05) is 20.1 Å². The first kappa shape index (κ1) is 27.8. The maximum absolute atomic E-state index is 13.9. The van der Waals surface area contributed by atoms with Crippen LogP contribution in [-0.4, -0.2) is 29.4 Å². The second kappa shape index (κ2) is 11.7. The number of methoxy groups -OCH3 is 1. The largest absolute Gasteiger partial charge is 0.506 e. The van der Waals surface area contributed by atoms with E-state index in [1.54, 1.807) is 38.3 Å². The summed E-state index contributed by atoms with van der Waals surface area (Å²) < 4.78 is 15.0. The first-order valence-electron chi connectivity index (χ1n) is 11.4. The first-order valence-corrected chi connectivity index (χ1v) is 14.6. The number of allylic oxidation sites excluding steroid dienone is 1. The predicted molar refractivity (Wildman–Crippen MR) is 154 cm³/mol. The summed E-state index contributed by atoms with van der Waals surface area (Å²) in [5.74, 6) is 0.0126. The van der Waals surface area contributed by atoms with E-state index in [0.717, 1.165) is 15.4 Å². The summed E-state index contributed by atoms with van der Waals surface area (Å²) in [5.41, 5.74) is 1.63. The Bertz CT molecular complexity index is 1590. The average molecular weight is 715 g/mol. The van der Waals surface area contributed by atoms with Crippen LogP contribution in [0.5, 0.6) is 11.5 Å². The maximum atomic E-state index is 13.9. The lowest BCUT2D eigenvalue weighted by Crippen LogP contribution is -2.40. The molecule has 0 spiro atoms. The Balaban J connectivity index is 2.08. The number of rotatable bonds is 7. The number of thiazole rings is 1. The molecule has 2 aromatic carbocycles. The molecule has 1 aliphatic rings. The number of esters is 1. The molecule has 1 aromatic heterocycles. The van der Waals surface area contributed by atoms with Gasteiger partial charge in [-0.15, -0.1) is 0 Å². The summed E-state index contributed by atoms with van der Waals surface area (Å²) in [7, 11) is 1.55. The number of carbonyl (C=O) groups is 1. The molecule has 0 unspecified atom stereocenters. The van der Waals surface area contributed by atoms with Crippen LogP contribution in [-0.2, 0) is 9.53 Å². The van der Waals surface area contributed by atoms with Crippen molar-refractivity contribution in [2.45, 2.75) is 32.7 Å². The van der Waals surface area contributed by atoms with Crippen molar-refractivity contribution in [3.8, 4) is 11.5 Å². The molecule has 0 amide bonds. The van der Waals surface area contributed by atoms with Gasteiger partial charge in [0.25, 0.3) is 5.56 Å². The molecule has 1 N–H and O–H groups in total. The number of halogens is 3. The Morgan fingerprint density at radius 2 is 1.95 bits per heavy atom. The number of carbonyl (C=O) groups excluding carboxylic acids is 1. The van der Waals surface area contributed by atoms with Gasteiger partial charge in [-0.2, -0.15) is 0 Å². The molecular weight excluding hydrogens is 692 g/mol. The van der Waals surface area contributed by atoms with Crippen LogP contribution < -0.4 is 19.6 Å². The van der Waals surface area contributed by atoms with Crippen molar-refractivity contribution in [2.75, 3.05) is 13.7 Å². The van der Waals surface area contributed by atoms with Gasteiger partial charge >= 0.3 is 5.97 Å². The Labute approximate surface area is 242 Å². The SMILES string of the molecule is CCCC1=C(C(=O)OCC)[C@H](c2cc(Br)ccc2OC)n2c(s/c(=C/c3cc(Br)cc(Br)c3O)c2=O)=N1. The van der Waals surface area contributed by atoms with Gasteiger partial charge in [-0.05, 0) is 65.7 Å². The molecule has 0 saturated carbocycles. The Morgan fingerprint density at radius 1 is 1.19 bits per heavy atom. The highest BCUT2D eigenvalue weighted by Crippen LogP contribution is 2.38. The number of hydrogen-bond acceptors (Lipinski definition) is 7. The van der Waals surface area contributed by atoms with Crippen molar-refractivity contribution >= 4 is 71.2 Å². The van der Waals surface area contributed by atoms with E-state index in [1.807, 2.05) is 19.1 Å². The predicted octanol–water partition coefficient (Wildman–Crippen LogP) is 5.58. The third-order valence-corrected chi connectivity index (χ3v) is 8.26. The fraction of sp³-hybridized carbons (Fsp3) is 0.269.